The lowest BCUT2D eigenvalue weighted by atomic mass is 9.90. The second-order valence-electron chi connectivity index (χ2n) is 6.20. The fourth-order valence-corrected chi connectivity index (χ4v) is 3.33. The van der Waals surface area contributed by atoms with Crippen LogP contribution in [0.1, 0.15) is 17.0 Å². The van der Waals surface area contributed by atoms with Gasteiger partial charge in [0.2, 0.25) is 5.91 Å². The van der Waals surface area contributed by atoms with E-state index in [2.05, 4.69) is 4.98 Å². The van der Waals surface area contributed by atoms with Crippen LogP contribution in [0.3, 0.4) is 0 Å². The molecule has 1 fully saturated rings. The number of ether oxygens (including phenoxy) is 1. The average molecular weight is 328 g/mol. The zero-order valence-electron chi connectivity index (χ0n) is 13.7. The van der Waals surface area contributed by atoms with Crippen LogP contribution in [-0.2, 0) is 16.0 Å². The number of hydrogen-bond acceptors (Lipinski definition) is 3. The molecule has 1 aliphatic heterocycles. The molecule has 1 amide bonds. The molecule has 0 aliphatic carbocycles. The number of halogens is 1. The highest BCUT2D eigenvalue weighted by Crippen LogP contribution is 2.33. The third-order valence-corrected chi connectivity index (χ3v) is 4.58. The van der Waals surface area contributed by atoms with E-state index < -0.39 is 0 Å². The van der Waals surface area contributed by atoms with E-state index in [0.29, 0.717) is 26.1 Å². The van der Waals surface area contributed by atoms with Crippen LogP contribution in [-0.4, -0.2) is 42.6 Å². The molecule has 2 aromatic rings. The number of carbonyl (C=O) groups is 1. The molecule has 4 nitrogen and oxygen atoms in total. The summed E-state index contributed by atoms with van der Waals surface area (Å²) in [6.07, 6.45) is 3.85. The minimum atomic E-state index is -0.287. The summed E-state index contributed by atoms with van der Waals surface area (Å²) < 4.78 is 18.3. The van der Waals surface area contributed by atoms with Crippen LogP contribution in [0.4, 0.5) is 4.39 Å². The summed E-state index contributed by atoms with van der Waals surface area (Å²) >= 11 is 0. The number of rotatable bonds is 5. The Morgan fingerprint density at radius 3 is 2.58 bits per heavy atom. The van der Waals surface area contributed by atoms with Gasteiger partial charge in [0.15, 0.2) is 0 Å². The summed E-state index contributed by atoms with van der Waals surface area (Å²) in [5, 5.41) is 0. The molecule has 2 heterocycles. The summed E-state index contributed by atoms with van der Waals surface area (Å²) in [7, 11) is 1.69. The van der Waals surface area contributed by atoms with Crippen LogP contribution in [0.5, 0.6) is 0 Å². The van der Waals surface area contributed by atoms with Crippen LogP contribution < -0.4 is 0 Å². The zero-order valence-corrected chi connectivity index (χ0v) is 13.7. The molecular weight excluding hydrogens is 307 g/mol. The van der Waals surface area contributed by atoms with Crippen LogP contribution in [0.2, 0.25) is 0 Å². The van der Waals surface area contributed by atoms with E-state index >= 15 is 0 Å². The van der Waals surface area contributed by atoms with Crippen molar-refractivity contribution in [2.45, 2.75) is 12.3 Å². The first-order valence-corrected chi connectivity index (χ1v) is 8.08. The molecule has 3 rings (SSSR count). The van der Waals surface area contributed by atoms with Crippen molar-refractivity contribution in [3.63, 3.8) is 0 Å². The van der Waals surface area contributed by atoms with Gasteiger partial charge in [-0.2, -0.15) is 0 Å². The number of methoxy groups -OCH3 is 1. The molecule has 0 bridgehead atoms. The van der Waals surface area contributed by atoms with E-state index in [1.165, 1.54) is 17.7 Å². The van der Waals surface area contributed by atoms with E-state index in [4.69, 9.17) is 4.74 Å². The molecule has 2 atom stereocenters. The van der Waals surface area contributed by atoms with Gasteiger partial charge in [0.1, 0.15) is 5.82 Å². The molecule has 24 heavy (non-hydrogen) atoms. The third-order valence-electron chi connectivity index (χ3n) is 4.58. The number of nitrogens with zero attached hydrogens (tertiary/aromatic N) is 2. The summed E-state index contributed by atoms with van der Waals surface area (Å²) in [6, 6.07) is 10.1. The lowest BCUT2D eigenvalue weighted by Gasteiger charge is -2.17. The average Bonchev–Trinajstić information content (AvgIpc) is 3.02. The number of hydrogen-bond donors (Lipinski definition) is 0. The summed E-state index contributed by atoms with van der Waals surface area (Å²) in [5.41, 5.74) is 2.01. The monoisotopic (exact) mass is 328 g/mol. The molecule has 5 heteroatoms. The lowest BCUT2D eigenvalue weighted by molar-refractivity contribution is -0.129. The largest absolute Gasteiger partial charge is 0.384 e. The predicted octanol–water partition coefficient (Wildman–Crippen LogP) is 2.65. The quantitative estimate of drug-likeness (QED) is 0.847. The number of amides is 1. The Morgan fingerprint density at radius 2 is 1.92 bits per heavy atom. The Kier molecular flexibility index (Phi) is 5.20. The molecule has 1 aromatic heterocycles. The smallest absolute Gasteiger partial charge is 0.227 e. The van der Waals surface area contributed by atoms with Crippen LogP contribution in [0.25, 0.3) is 0 Å². The maximum absolute atomic E-state index is 13.0. The van der Waals surface area contributed by atoms with E-state index in [1.807, 2.05) is 17.0 Å². The summed E-state index contributed by atoms with van der Waals surface area (Å²) in [5.74, 6) is 0.309. The highest BCUT2D eigenvalue weighted by atomic mass is 19.1. The molecule has 0 N–H and O–H groups in total. The van der Waals surface area contributed by atoms with E-state index in [0.717, 1.165) is 5.56 Å². The SMILES string of the molecule is COC[C@@H]1CN(C(=O)Cc2ccc(F)cc2)C[C@H]1c1ccncc1. The van der Waals surface area contributed by atoms with E-state index in [9.17, 15) is 9.18 Å². The zero-order chi connectivity index (χ0) is 16.9. The predicted molar refractivity (Wildman–Crippen MR) is 89.0 cm³/mol. The molecule has 1 saturated heterocycles. The van der Waals surface area contributed by atoms with Crippen molar-refractivity contribution in [1.29, 1.82) is 0 Å². The van der Waals surface area contributed by atoms with Gasteiger partial charge in [-0.3, -0.25) is 9.78 Å². The first kappa shape index (κ1) is 16.6. The number of pyridine rings is 1. The Balaban J connectivity index is 1.70. The van der Waals surface area contributed by atoms with Gasteiger partial charge in [-0.25, -0.2) is 4.39 Å². The van der Waals surface area contributed by atoms with Gasteiger partial charge in [-0.1, -0.05) is 12.1 Å². The lowest BCUT2D eigenvalue weighted by Crippen LogP contribution is -2.30. The number of carbonyl (C=O) groups excluding carboxylic acids is 1. The number of aromatic nitrogens is 1. The van der Waals surface area contributed by atoms with Gasteiger partial charge in [-0.05, 0) is 35.4 Å². The van der Waals surface area contributed by atoms with Gasteiger partial charge >= 0.3 is 0 Å². The van der Waals surface area contributed by atoms with Crippen LogP contribution >= 0.6 is 0 Å². The van der Waals surface area contributed by atoms with E-state index in [1.54, 1.807) is 31.6 Å². The second-order valence-corrected chi connectivity index (χ2v) is 6.20. The highest BCUT2D eigenvalue weighted by Gasteiger charge is 2.35. The maximum Gasteiger partial charge on any atom is 0.227 e. The normalized spacial score (nSPS) is 20.3. The fourth-order valence-electron chi connectivity index (χ4n) is 3.33. The molecule has 1 aliphatic rings. The maximum atomic E-state index is 13.0. The second kappa shape index (κ2) is 7.53. The van der Waals surface area contributed by atoms with Crippen LogP contribution in [0, 0.1) is 11.7 Å². The molecule has 0 saturated carbocycles. The van der Waals surface area contributed by atoms with Crippen molar-refractivity contribution < 1.29 is 13.9 Å². The van der Waals surface area contributed by atoms with Gasteiger partial charge < -0.3 is 9.64 Å². The summed E-state index contributed by atoms with van der Waals surface area (Å²) in [6.45, 7) is 1.98. The van der Waals surface area contributed by atoms with Gasteiger partial charge in [0, 0.05) is 44.4 Å². The first-order valence-electron chi connectivity index (χ1n) is 8.08. The van der Waals surface area contributed by atoms with Crippen LogP contribution in [0.15, 0.2) is 48.8 Å². The van der Waals surface area contributed by atoms with Crippen molar-refractivity contribution in [2.75, 3.05) is 26.8 Å². The first-order chi connectivity index (χ1) is 11.7. The Hall–Kier alpha value is -2.27. The minimum Gasteiger partial charge on any atom is -0.384 e. The topological polar surface area (TPSA) is 42.4 Å². The molecular formula is C19H21FN2O2. The van der Waals surface area contributed by atoms with Gasteiger partial charge in [0.25, 0.3) is 0 Å². The minimum absolute atomic E-state index is 0.0688. The molecule has 1 aromatic carbocycles. The van der Waals surface area contributed by atoms with Gasteiger partial charge in [-0.15, -0.1) is 0 Å². The molecule has 0 spiro atoms. The number of benzene rings is 1. The fraction of sp³-hybridized carbons (Fsp3) is 0.368. The van der Waals surface area contributed by atoms with Crippen molar-refractivity contribution in [2.24, 2.45) is 5.92 Å². The molecule has 126 valence electrons. The highest BCUT2D eigenvalue weighted by molar-refractivity contribution is 5.79. The standard InChI is InChI=1S/C19H21FN2O2/c1-24-13-16-11-22(12-18(16)15-6-8-21-9-7-15)19(23)10-14-2-4-17(20)5-3-14/h2-9,16,18H,10-13H2,1H3/t16-,18-/m0/s1. The molecule has 0 unspecified atom stereocenters. The number of likely N-dealkylation sites (tertiary alicyclic amines) is 1. The Bertz CT molecular complexity index is 676. The molecule has 0 radical (unpaired) electrons. The Morgan fingerprint density at radius 1 is 1.21 bits per heavy atom. The third kappa shape index (κ3) is 3.79. The van der Waals surface area contributed by atoms with Crippen molar-refractivity contribution in [3.8, 4) is 0 Å². The van der Waals surface area contributed by atoms with Crippen molar-refractivity contribution in [3.05, 3.63) is 65.7 Å². The summed E-state index contributed by atoms with van der Waals surface area (Å²) in [4.78, 5) is 18.6. The Labute approximate surface area is 141 Å². The van der Waals surface area contributed by atoms with Gasteiger partial charge in [0.05, 0.1) is 13.0 Å². The van der Waals surface area contributed by atoms with E-state index in [-0.39, 0.29) is 23.6 Å². The van der Waals surface area contributed by atoms with Crippen molar-refractivity contribution in [1.82, 2.24) is 9.88 Å². The van der Waals surface area contributed by atoms with Crippen molar-refractivity contribution >= 4 is 5.91 Å².